The Kier molecular flexibility index (Phi) is 5.15. The molecule has 2 saturated carbocycles. The Balaban J connectivity index is 1.18. The molecular weight excluding hydrogens is 441 g/mol. The first-order valence-corrected chi connectivity index (χ1v) is 10.9. The zero-order valence-electron chi connectivity index (χ0n) is 16.3. The number of ketones is 1. The van der Waals surface area contributed by atoms with Crippen LogP contribution >= 0.6 is 23.2 Å². The van der Waals surface area contributed by atoms with Crippen molar-refractivity contribution >= 4 is 46.5 Å². The molecule has 1 saturated heterocycles. The highest BCUT2D eigenvalue weighted by atomic mass is 35.5. The van der Waals surface area contributed by atoms with Gasteiger partial charge in [-0.2, -0.15) is 0 Å². The molecule has 6 nitrogen and oxygen atoms in total. The summed E-state index contributed by atoms with van der Waals surface area (Å²) in [6, 6.07) is 11.4. The summed E-state index contributed by atoms with van der Waals surface area (Å²) in [5, 5.41) is 3.63. The van der Waals surface area contributed by atoms with Gasteiger partial charge < -0.3 is 14.8 Å². The molecule has 5 rings (SSSR count). The van der Waals surface area contributed by atoms with Crippen LogP contribution in [0.1, 0.15) is 23.2 Å². The molecule has 1 heterocycles. The fourth-order valence-electron chi connectivity index (χ4n) is 5.17. The summed E-state index contributed by atoms with van der Waals surface area (Å²) in [6.07, 6.45) is 1.68. The van der Waals surface area contributed by atoms with Crippen molar-refractivity contribution in [2.24, 2.45) is 23.7 Å². The third-order valence-electron chi connectivity index (χ3n) is 6.51. The van der Waals surface area contributed by atoms with Crippen LogP contribution in [-0.2, 0) is 14.3 Å². The summed E-state index contributed by atoms with van der Waals surface area (Å²) in [7, 11) is 0. The minimum absolute atomic E-state index is 0.00782. The molecule has 0 spiro atoms. The van der Waals surface area contributed by atoms with Gasteiger partial charge in [-0.1, -0.05) is 23.2 Å². The van der Waals surface area contributed by atoms with Crippen LogP contribution in [0.15, 0.2) is 42.5 Å². The fourth-order valence-corrected chi connectivity index (χ4v) is 5.68. The zero-order chi connectivity index (χ0) is 21.7. The molecule has 2 aromatic rings. The number of hydrogen-bond donors (Lipinski definition) is 1. The average Bonchev–Trinajstić information content (AvgIpc) is 3.36. The van der Waals surface area contributed by atoms with Crippen molar-refractivity contribution < 1.29 is 23.9 Å². The maximum Gasteiger partial charge on any atom is 0.310 e. The van der Waals surface area contributed by atoms with E-state index in [1.807, 2.05) is 0 Å². The van der Waals surface area contributed by atoms with Gasteiger partial charge >= 0.3 is 5.97 Å². The number of ether oxygens (including phenoxy) is 2. The van der Waals surface area contributed by atoms with Gasteiger partial charge in [0.25, 0.3) is 0 Å². The molecule has 5 atom stereocenters. The van der Waals surface area contributed by atoms with Crippen LogP contribution in [0, 0.1) is 23.7 Å². The number of rotatable bonds is 6. The van der Waals surface area contributed by atoms with E-state index >= 15 is 0 Å². The predicted octanol–water partition coefficient (Wildman–Crippen LogP) is 4.39. The Bertz CT molecular complexity index is 1070. The summed E-state index contributed by atoms with van der Waals surface area (Å²) in [5.41, 5.74) is 0.948. The van der Waals surface area contributed by atoms with E-state index in [4.69, 9.17) is 32.7 Å². The standard InChI is InChI=1S/C23H19Cl2NO5/c24-12-1-6-15(17(25)9-12)18(27)10-30-14-4-2-13(3-5-14)26-22(28)20-11-7-16-19(8-11)31-23(29)21(16)20/h1-6,9,11,16,19-21H,7-8,10H2,(H,26,28). The van der Waals surface area contributed by atoms with Crippen molar-refractivity contribution in [3.63, 3.8) is 0 Å². The lowest BCUT2D eigenvalue weighted by molar-refractivity contribution is -0.145. The van der Waals surface area contributed by atoms with Crippen molar-refractivity contribution in [2.75, 3.05) is 11.9 Å². The van der Waals surface area contributed by atoms with Crippen molar-refractivity contribution in [1.29, 1.82) is 0 Å². The molecule has 0 radical (unpaired) electrons. The van der Waals surface area contributed by atoms with E-state index in [0.29, 0.717) is 22.0 Å². The summed E-state index contributed by atoms with van der Waals surface area (Å²) in [4.78, 5) is 37.3. The number of hydrogen-bond acceptors (Lipinski definition) is 5. The number of nitrogens with one attached hydrogen (secondary N) is 1. The molecule has 1 N–H and O–H groups in total. The summed E-state index contributed by atoms with van der Waals surface area (Å²) < 4.78 is 10.9. The Hall–Kier alpha value is -2.57. The number of Topliss-reactive ketones (excluding diaryl/α,β-unsaturated/α-hetero) is 1. The molecule has 160 valence electrons. The Labute approximate surface area is 188 Å². The highest BCUT2D eigenvalue weighted by Gasteiger charge is 2.63. The molecule has 1 amide bonds. The Morgan fingerprint density at radius 3 is 2.61 bits per heavy atom. The van der Waals surface area contributed by atoms with Gasteiger partial charge in [0, 0.05) is 22.2 Å². The molecule has 3 aliphatic rings. The van der Waals surface area contributed by atoms with E-state index < -0.39 is 0 Å². The SMILES string of the molecule is O=C(COc1ccc(NC(=O)C2C3CC4OC(=O)C2C4C3)cc1)c1ccc(Cl)cc1Cl. The number of halogens is 2. The minimum Gasteiger partial charge on any atom is -0.485 e. The Morgan fingerprint density at radius 2 is 1.87 bits per heavy atom. The lowest BCUT2D eigenvalue weighted by atomic mass is 9.79. The van der Waals surface area contributed by atoms with Crippen LogP contribution < -0.4 is 10.1 Å². The molecule has 31 heavy (non-hydrogen) atoms. The van der Waals surface area contributed by atoms with E-state index in [1.165, 1.54) is 6.07 Å². The van der Waals surface area contributed by atoms with Crippen LogP contribution in [0.2, 0.25) is 10.0 Å². The third kappa shape index (κ3) is 3.68. The van der Waals surface area contributed by atoms with Gasteiger partial charge in [-0.3, -0.25) is 14.4 Å². The van der Waals surface area contributed by atoms with Gasteiger partial charge in [0.05, 0.1) is 16.9 Å². The smallest absolute Gasteiger partial charge is 0.310 e. The number of fused-ring (bicyclic) bond motifs is 1. The van der Waals surface area contributed by atoms with Crippen LogP contribution in [-0.4, -0.2) is 30.4 Å². The zero-order valence-corrected chi connectivity index (χ0v) is 17.9. The second-order valence-corrected chi connectivity index (χ2v) is 9.12. The maximum absolute atomic E-state index is 12.8. The largest absolute Gasteiger partial charge is 0.485 e. The van der Waals surface area contributed by atoms with Gasteiger partial charge in [0.2, 0.25) is 11.7 Å². The highest BCUT2D eigenvalue weighted by Crippen LogP contribution is 2.57. The van der Waals surface area contributed by atoms with Gasteiger partial charge in [-0.05, 0) is 61.2 Å². The minimum atomic E-state index is -0.325. The summed E-state index contributed by atoms with van der Waals surface area (Å²) >= 11 is 11.9. The van der Waals surface area contributed by atoms with Gasteiger partial charge in [0.1, 0.15) is 11.9 Å². The molecular formula is C23H19Cl2NO5. The third-order valence-corrected chi connectivity index (χ3v) is 7.06. The number of amides is 1. The average molecular weight is 460 g/mol. The predicted molar refractivity (Wildman–Crippen MR) is 114 cm³/mol. The van der Waals surface area contributed by atoms with Gasteiger partial charge in [-0.15, -0.1) is 0 Å². The van der Waals surface area contributed by atoms with E-state index in [0.717, 1.165) is 12.8 Å². The number of benzene rings is 2. The molecule has 0 aromatic heterocycles. The maximum atomic E-state index is 12.8. The first-order valence-electron chi connectivity index (χ1n) is 10.1. The van der Waals surface area contributed by atoms with Crippen LogP contribution in [0.3, 0.4) is 0 Å². The highest BCUT2D eigenvalue weighted by molar-refractivity contribution is 6.36. The lowest BCUT2D eigenvalue weighted by Crippen LogP contribution is -2.35. The van der Waals surface area contributed by atoms with Crippen LogP contribution in [0.5, 0.6) is 5.75 Å². The monoisotopic (exact) mass is 459 g/mol. The topological polar surface area (TPSA) is 81.7 Å². The van der Waals surface area contributed by atoms with Gasteiger partial charge in [0.15, 0.2) is 6.61 Å². The molecule has 2 aliphatic carbocycles. The van der Waals surface area contributed by atoms with E-state index in [1.54, 1.807) is 36.4 Å². The first-order chi connectivity index (χ1) is 14.9. The fraction of sp³-hybridized carbons (Fsp3) is 0.348. The lowest BCUT2D eigenvalue weighted by Gasteiger charge is -2.23. The summed E-state index contributed by atoms with van der Waals surface area (Å²) in [5.74, 6) is -0.391. The number of carbonyl (C=O) groups excluding carboxylic acids is 3. The molecule has 8 heteroatoms. The second kappa shape index (κ2) is 7.84. The second-order valence-electron chi connectivity index (χ2n) is 8.27. The molecule has 1 aliphatic heterocycles. The number of anilines is 1. The molecule has 2 bridgehead atoms. The quantitative estimate of drug-likeness (QED) is 0.511. The molecule has 2 aromatic carbocycles. The van der Waals surface area contributed by atoms with Crippen molar-refractivity contribution in [2.45, 2.75) is 18.9 Å². The van der Waals surface area contributed by atoms with E-state index in [9.17, 15) is 14.4 Å². The van der Waals surface area contributed by atoms with Crippen LogP contribution in [0.25, 0.3) is 0 Å². The summed E-state index contributed by atoms with van der Waals surface area (Å²) in [6.45, 7) is -0.177. The van der Waals surface area contributed by atoms with Crippen LogP contribution in [0.4, 0.5) is 5.69 Å². The van der Waals surface area contributed by atoms with Crippen molar-refractivity contribution in [3.05, 3.63) is 58.1 Å². The van der Waals surface area contributed by atoms with E-state index in [2.05, 4.69) is 5.32 Å². The normalized spacial score (nSPS) is 27.8. The molecule has 3 fully saturated rings. The number of carbonyl (C=O) groups is 3. The van der Waals surface area contributed by atoms with Crippen molar-refractivity contribution in [3.8, 4) is 5.75 Å². The van der Waals surface area contributed by atoms with Crippen molar-refractivity contribution in [1.82, 2.24) is 0 Å². The van der Waals surface area contributed by atoms with E-state index in [-0.39, 0.29) is 59.1 Å². The first kappa shape index (κ1) is 20.3. The number of esters is 1. The van der Waals surface area contributed by atoms with Gasteiger partial charge in [-0.25, -0.2) is 0 Å². The Morgan fingerprint density at radius 1 is 1.10 bits per heavy atom. The molecule has 5 unspecified atom stereocenters.